The van der Waals surface area contributed by atoms with Gasteiger partial charge in [-0.1, -0.05) is 77.7 Å². The molecule has 1 heterocycles. The van der Waals surface area contributed by atoms with Gasteiger partial charge in [0.2, 0.25) is 0 Å². The molecule has 0 aliphatic heterocycles. The molecule has 0 fully saturated rings. The van der Waals surface area contributed by atoms with Crippen LogP contribution >= 0.6 is 11.8 Å². The van der Waals surface area contributed by atoms with Crippen LogP contribution in [0.1, 0.15) is 19.4 Å². The summed E-state index contributed by atoms with van der Waals surface area (Å²) in [5.74, 6) is 0. The van der Waals surface area contributed by atoms with Crippen molar-refractivity contribution in [3.63, 3.8) is 0 Å². The summed E-state index contributed by atoms with van der Waals surface area (Å²) in [5, 5.41) is 8.72. The van der Waals surface area contributed by atoms with Crippen LogP contribution in [0.25, 0.3) is 11.3 Å². The number of aromatic nitrogens is 3. The third-order valence-corrected chi connectivity index (χ3v) is 5.49. The second-order valence-electron chi connectivity index (χ2n) is 6.03. The second kappa shape index (κ2) is 7.11. The van der Waals surface area contributed by atoms with Crippen LogP contribution in [0.3, 0.4) is 0 Å². The molecule has 0 saturated carbocycles. The smallest absolute Gasteiger partial charge is 0.113 e. The van der Waals surface area contributed by atoms with E-state index in [-0.39, 0.29) is 6.04 Å². The molecule has 0 unspecified atom stereocenters. The zero-order valence-electron chi connectivity index (χ0n) is 14.0. The molecule has 2 aromatic carbocycles. The van der Waals surface area contributed by atoms with Crippen molar-refractivity contribution >= 4 is 11.8 Å². The fourth-order valence-corrected chi connectivity index (χ4v) is 4.07. The van der Waals surface area contributed by atoms with Crippen molar-refractivity contribution in [3.8, 4) is 11.3 Å². The fourth-order valence-electron chi connectivity index (χ4n) is 2.96. The third-order valence-electron chi connectivity index (χ3n) is 4.33. The molecular weight excluding hydrogens is 326 g/mol. The van der Waals surface area contributed by atoms with Gasteiger partial charge in [-0.25, -0.2) is 4.68 Å². The Morgan fingerprint density at radius 2 is 1.72 bits per heavy atom. The minimum Gasteiger partial charge on any atom is -0.245 e. The third kappa shape index (κ3) is 3.44. The molecule has 1 aromatic heterocycles. The largest absolute Gasteiger partial charge is 0.245 e. The molecule has 4 rings (SSSR count). The number of allylic oxidation sites excluding steroid dienone is 4. The maximum Gasteiger partial charge on any atom is 0.113 e. The minimum atomic E-state index is 0.162. The number of benzene rings is 2. The van der Waals surface area contributed by atoms with Gasteiger partial charge in [-0.05, 0) is 36.0 Å². The van der Waals surface area contributed by atoms with Crippen LogP contribution in [0.5, 0.6) is 0 Å². The zero-order valence-corrected chi connectivity index (χ0v) is 14.9. The highest BCUT2D eigenvalue weighted by atomic mass is 32.2. The topological polar surface area (TPSA) is 30.7 Å². The van der Waals surface area contributed by atoms with Gasteiger partial charge in [0, 0.05) is 10.5 Å². The van der Waals surface area contributed by atoms with Gasteiger partial charge in [0.1, 0.15) is 5.69 Å². The predicted octanol–water partition coefficient (Wildman–Crippen LogP) is 5.51. The Balaban J connectivity index is 1.59. The van der Waals surface area contributed by atoms with Gasteiger partial charge < -0.3 is 0 Å². The van der Waals surface area contributed by atoms with Crippen molar-refractivity contribution in [1.82, 2.24) is 15.0 Å². The summed E-state index contributed by atoms with van der Waals surface area (Å²) in [6, 6.07) is 20.9. The minimum absolute atomic E-state index is 0.162. The van der Waals surface area contributed by atoms with Gasteiger partial charge in [0.05, 0.1) is 12.2 Å². The molecule has 0 bridgehead atoms. The highest BCUT2D eigenvalue weighted by Gasteiger charge is 2.19. The lowest BCUT2D eigenvalue weighted by molar-refractivity contribution is 0.542. The maximum absolute atomic E-state index is 4.37. The SMILES string of the molecule is C[C@@H](C1=C(Sc2ccccc2)CC=C1)n1cc(-c2ccccc2)nn1. The van der Waals surface area contributed by atoms with E-state index in [1.54, 1.807) is 0 Å². The first-order valence-corrected chi connectivity index (χ1v) is 9.22. The number of nitrogens with zero attached hydrogens (tertiary/aromatic N) is 3. The van der Waals surface area contributed by atoms with E-state index in [1.807, 2.05) is 40.8 Å². The number of hydrogen-bond acceptors (Lipinski definition) is 3. The Labute approximate surface area is 152 Å². The summed E-state index contributed by atoms with van der Waals surface area (Å²) in [7, 11) is 0. The van der Waals surface area contributed by atoms with Crippen LogP contribution in [0.4, 0.5) is 0 Å². The molecule has 1 atom stereocenters. The van der Waals surface area contributed by atoms with E-state index < -0.39 is 0 Å². The summed E-state index contributed by atoms with van der Waals surface area (Å²) in [6.45, 7) is 2.18. The number of hydrogen-bond donors (Lipinski definition) is 0. The van der Waals surface area contributed by atoms with Crippen LogP contribution in [0.2, 0.25) is 0 Å². The summed E-state index contributed by atoms with van der Waals surface area (Å²) in [4.78, 5) is 2.66. The zero-order chi connectivity index (χ0) is 17.1. The van der Waals surface area contributed by atoms with Crippen molar-refractivity contribution in [2.24, 2.45) is 0 Å². The van der Waals surface area contributed by atoms with Crippen molar-refractivity contribution in [2.45, 2.75) is 24.3 Å². The van der Waals surface area contributed by atoms with E-state index in [1.165, 1.54) is 15.4 Å². The fraction of sp³-hybridized carbons (Fsp3) is 0.143. The maximum atomic E-state index is 4.37. The molecule has 25 heavy (non-hydrogen) atoms. The molecule has 124 valence electrons. The average molecular weight is 345 g/mol. The van der Waals surface area contributed by atoms with Crippen molar-refractivity contribution in [3.05, 3.63) is 89.5 Å². The van der Waals surface area contributed by atoms with Crippen LogP contribution in [0, 0.1) is 0 Å². The monoisotopic (exact) mass is 345 g/mol. The Morgan fingerprint density at radius 3 is 2.48 bits per heavy atom. The first-order chi connectivity index (χ1) is 12.3. The predicted molar refractivity (Wildman–Crippen MR) is 103 cm³/mol. The molecule has 3 aromatic rings. The molecule has 0 N–H and O–H groups in total. The first kappa shape index (κ1) is 15.9. The normalized spacial score (nSPS) is 14.9. The van der Waals surface area contributed by atoms with Crippen LogP contribution < -0.4 is 0 Å². The van der Waals surface area contributed by atoms with Crippen molar-refractivity contribution < 1.29 is 0 Å². The van der Waals surface area contributed by atoms with Gasteiger partial charge in [-0.3, -0.25) is 0 Å². The molecule has 0 saturated heterocycles. The van der Waals surface area contributed by atoms with E-state index in [0.717, 1.165) is 17.7 Å². The lowest BCUT2D eigenvalue weighted by atomic mass is 10.1. The van der Waals surface area contributed by atoms with Gasteiger partial charge in [0.15, 0.2) is 0 Å². The number of thioether (sulfide) groups is 1. The summed E-state index contributed by atoms with van der Waals surface area (Å²) in [5.41, 5.74) is 3.32. The average Bonchev–Trinajstić information content (AvgIpc) is 3.32. The summed E-state index contributed by atoms with van der Waals surface area (Å²) in [6.07, 6.45) is 7.47. The second-order valence-corrected chi connectivity index (χ2v) is 7.19. The van der Waals surface area contributed by atoms with Crippen LogP contribution in [0.15, 0.2) is 94.4 Å². The van der Waals surface area contributed by atoms with Crippen molar-refractivity contribution in [2.75, 3.05) is 0 Å². The molecule has 3 nitrogen and oxygen atoms in total. The van der Waals surface area contributed by atoms with E-state index >= 15 is 0 Å². The molecule has 1 aliphatic carbocycles. The van der Waals surface area contributed by atoms with Gasteiger partial charge in [-0.15, -0.1) is 5.10 Å². The lowest BCUT2D eigenvalue weighted by Crippen LogP contribution is -2.08. The van der Waals surface area contributed by atoms with E-state index in [4.69, 9.17) is 0 Å². The summed E-state index contributed by atoms with van der Waals surface area (Å²) >= 11 is 1.84. The Morgan fingerprint density at radius 1 is 1.00 bits per heavy atom. The number of rotatable bonds is 5. The highest BCUT2D eigenvalue weighted by Crippen LogP contribution is 2.39. The Bertz CT molecular complexity index is 911. The molecule has 4 heteroatoms. The van der Waals surface area contributed by atoms with E-state index in [0.29, 0.717) is 0 Å². The molecule has 1 aliphatic rings. The molecule has 0 amide bonds. The van der Waals surface area contributed by atoms with E-state index in [9.17, 15) is 0 Å². The highest BCUT2D eigenvalue weighted by molar-refractivity contribution is 8.03. The van der Waals surface area contributed by atoms with Gasteiger partial charge in [0.25, 0.3) is 0 Å². The quantitative estimate of drug-likeness (QED) is 0.610. The lowest BCUT2D eigenvalue weighted by Gasteiger charge is -2.14. The van der Waals surface area contributed by atoms with Crippen molar-refractivity contribution in [1.29, 1.82) is 0 Å². The van der Waals surface area contributed by atoms with Gasteiger partial charge in [-0.2, -0.15) is 0 Å². The standard InChI is InChI=1S/C21H19N3S/c1-16(24-15-20(22-23-24)17-9-4-2-5-10-17)19-13-8-14-21(19)25-18-11-6-3-7-12-18/h2-13,15-16H,14H2,1H3/t16-/m0/s1. The van der Waals surface area contributed by atoms with Gasteiger partial charge >= 0.3 is 0 Å². The molecule has 0 spiro atoms. The first-order valence-electron chi connectivity index (χ1n) is 8.41. The Hall–Kier alpha value is -2.59. The van der Waals surface area contributed by atoms with E-state index in [2.05, 4.69) is 71.9 Å². The molecular formula is C21H19N3S. The Kier molecular flexibility index (Phi) is 4.53. The molecule has 0 radical (unpaired) electrons. The summed E-state index contributed by atoms with van der Waals surface area (Å²) < 4.78 is 1.96. The van der Waals surface area contributed by atoms with Crippen LogP contribution in [-0.4, -0.2) is 15.0 Å². The van der Waals surface area contributed by atoms with Crippen LogP contribution in [-0.2, 0) is 0 Å².